The molecule has 2 rings (SSSR count). The molecule has 110 valence electrons. The number of ether oxygens (including phenoxy) is 2. The van der Waals surface area contributed by atoms with Crippen LogP contribution in [0.1, 0.15) is 15.9 Å². The van der Waals surface area contributed by atoms with Gasteiger partial charge in [-0.05, 0) is 17.7 Å². The van der Waals surface area contributed by atoms with Crippen molar-refractivity contribution >= 4 is 17.5 Å². The molecular weight excluding hydrogens is 272 g/mol. The van der Waals surface area contributed by atoms with Crippen molar-refractivity contribution < 1.29 is 14.3 Å². The minimum absolute atomic E-state index is 0.276. The predicted molar refractivity (Wildman–Crippen MR) is 78.1 cm³/mol. The minimum atomic E-state index is -0.497. The summed E-state index contributed by atoms with van der Waals surface area (Å²) in [4.78, 5) is 19.7. The summed E-state index contributed by atoms with van der Waals surface area (Å²) in [5.74, 6) is 0.568. The number of pyridine rings is 2. The standard InChI is InChI=1S/C14H16N4O3/c1-20-13-5-9(3-4-16-13)7-17-12-6-10(14(19)21-2)11(15)8-18-12/h3-6,8H,7,15H2,1-2H3,(H,17,18). The van der Waals surface area contributed by atoms with Crippen LogP contribution in [0.25, 0.3) is 0 Å². The van der Waals surface area contributed by atoms with Gasteiger partial charge in [0.05, 0.1) is 31.7 Å². The summed E-state index contributed by atoms with van der Waals surface area (Å²) in [5.41, 5.74) is 7.22. The van der Waals surface area contributed by atoms with E-state index < -0.39 is 5.97 Å². The van der Waals surface area contributed by atoms with Crippen molar-refractivity contribution in [2.45, 2.75) is 6.54 Å². The van der Waals surface area contributed by atoms with Gasteiger partial charge in [-0.1, -0.05) is 0 Å². The van der Waals surface area contributed by atoms with Crippen LogP contribution in [-0.4, -0.2) is 30.2 Å². The summed E-state index contributed by atoms with van der Waals surface area (Å²) >= 11 is 0. The van der Waals surface area contributed by atoms with E-state index in [4.69, 9.17) is 10.5 Å². The molecule has 7 nitrogen and oxygen atoms in total. The fourth-order valence-electron chi connectivity index (χ4n) is 1.71. The van der Waals surface area contributed by atoms with Crippen LogP contribution in [0.2, 0.25) is 0 Å². The van der Waals surface area contributed by atoms with Crippen molar-refractivity contribution in [3.63, 3.8) is 0 Å². The SMILES string of the molecule is COC(=O)c1cc(NCc2ccnc(OC)c2)ncc1N. The largest absolute Gasteiger partial charge is 0.481 e. The Bertz CT molecular complexity index is 646. The van der Waals surface area contributed by atoms with Gasteiger partial charge in [-0.3, -0.25) is 0 Å². The van der Waals surface area contributed by atoms with Crippen molar-refractivity contribution in [2.24, 2.45) is 0 Å². The maximum absolute atomic E-state index is 11.6. The summed E-state index contributed by atoms with van der Waals surface area (Å²) in [6.45, 7) is 0.510. The maximum Gasteiger partial charge on any atom is 0.340 e. The molecule has 2 aromatic heterocycles. The molecule has 0 aliphatic carbocycles. The van der Waals surface area contributed by atoms with Gasteiger partial charge in [0.1, 0.15) is 5.82 Å². The van der Waals surface area contributed by atoms with E-state index in [0.717, 1.165) is 5.56 Å². The number of nitrogen functional groups attached to an aromatic ring is 1. The topological polar surface area (TPSA) is 99.4 Å². The van der Waals surface area contributed by atoms with E-state index >= 15 is 0 Å². The van der Waals surface area contributed by atoms with E-state index in [1.165, 1.54) is 13.3 Å². The Morgan fingerprint density at radius 2 is 2.14 bits per heavy atom. The Labute approximate surface area is 122 Å². The normalized spacial score (nSPS) is 10.0. The highest BCUT2D eigenvalue weighted by molar-refractivity contribution is 5.95. The lowest BCUT2D eigenvalue weighted by Crippen LogP contribution is -2.09. The molecule has 0 aliphatic rings. The molecule has 0 aromatic carbocycles. The van der Waals surface area contributed by atoms with Crippen LogP contribution in [0.15, 0.2) is 30.6 Å². The Hall–Kier alpha value is -2.83. The quantitative estimate of drug-likeness (QED) is 0.803. The average molecular weight is 288 g/mol. The maximum atomic E-state index is 11.6. The van der Waals surface area contributed by atoms with Crippen molar-refractivity contribution in [1.29, 1.82) is 0 Å². The molecule has 0 aliphatic heterocycles. The Morgan fingerprint density at radius 1 is 1.33 bits per heavy atom. The third-order valence-corrected chi connectivity index (χ3v) is 2.82. The number of carbonyl (C=O) groups excluding carboxylic acids is 1. The number of nitrogens with zero attached hydrogens (tertiary/aromatic N) is 2. The molecule has 0 amide bonds. The second-order valence-corrected chi connectivity index (χ2v) is 4.21. The van der Waals surface area contributed by atoms with E-state index in [9.17, 15) is 4.79 Å². The van der Waals surface area contributed by atoms with Gasteiger partial charge in [0.2, 0.25) is 5.88 Å². The average Bonchev–Trinajstić information content (AvgIpc) is 2.53. The molecule has 0 saturated carbocycles. The number of nitrogens with one attached hydrogen (secondary N) is 1. The molecule has 2 heterocycles. The number of hydrogen-bond acceptors (Lipinski definition) is 7. The van der Waals surface area contributed by atoms with Crippen LogP contribution in [0.4, 0.5) is 11.5 Å². The van der Waals surface area contributed by atoms with Crippen molar-refractivity contribution in [3.8, 4) is 5.88 Å². The smallest absolute Gasteiger partial charge is 0.340 e. The second-order valence-electron chi connectivity index (χ2n) is 4.21. The number of aromatic nitrogens is 2. The molecule has 0 saturated heterocycles. The monoisotopic (exact) mass is 288 g/mol. The van der Waals surface area contributed by atoms with Gasteiger partial charge in [-0.15, -0.1) is 0 Å². The van der Waals surface area contributed by atoms with Crippen molar-refractivity contribution in [2.75, 3.05) is 25.3 Å². The highest BCUT2D eigenvalue weighted by Crippen LogP contribution is 2.17. The lowest BCUT2D eigenvalue weighted by atomic mass is 10.2. The Morgan fingerprint density at radius 3 is 2.86 bits per heavy atom. The fraction of sp³-hybridized carbons (Fsp3) is 0.214. The Kier molecular flexibility index (Phi) is 4.55. The van der Waals surface area contributed by atoms with Crippen molar-refractivity contribution in [3.05, 3.63) is 41.7 Å². The first kappa shape index (κ1) is 14.6. The molecule has 2 aromatic rings. The van der Waals surface area contributed by atoms with E-state index in [0.29, 0.717) is 18.2 Å². The number of anilines is 2. The van der Waals surface area contributed by atoms with Gasteiger partial charge in [-0.25, -0.2) is 14.8 Å². The first-order chi connectivity index (χ1) is 10.1. The zero-order valence-electron chi connectivity index (χ0n) is 11.8. The van der Waals surface area contributed by atoms with E-state index in [2.05, 4.69) is 20.0 Å². The number of rotatable bonds is 5. The number of carbonyl (C=O) groups is 1. The highest BCUT2D eigenvalue weighted by Gasteiger charge is 2.11. The highest BCUT2D eigenvalue weighted by atomic mass is 16.5. The predicted octanol–water partition coefficient (Wildman–Crippen LogP) is 1.47. The molecule has 7 heteroatoms. The zero-order valence-corrected chi connectivity index (χ0v) is 11.8. The summed E-state index contributed by atoms with van der Waals surface area (Å²) in [5, 5.41) is 3.10. The van der Waals surface area contributed by atoms with Gasteiger partial charge in [0.25, 0.3) is 0 Å². The van der Waals surface area contributed by atoms with Gasteiger partial charge >= 0.3 is 5.97 Å². The lowest BCUT2D eigenvalue weighted by Gasteiger charge is -2.09. The summed E-state index contributed by atoms with van der Waals surface area (Å²) in [6, 6.07) is 5.22. The molecule has 0 fully saturated rings. The van der Waals surface area contributed by atoms with E-state index in [1.54, 1.807) is 19.4 Å². The van der Waals surface area contributed by atoms with Gasteiger partial charge in [0.15, 0.2) is 0 Å². The molecule has 0 unspecified atom stereocenters. The Balaban J connectivity index is 2.11. The second kappa shape index (κ2) is 6.56. The summed E-state index contributed by atoms with van der Waals surface area (Å²) in [6.07, 6.45) is 3.08. The number of nitrogens with two attached hydrogens (primary N) is 1. The van der Waals surface area contributed by atoms with E-state index in [1.807, 2.05) is 12.1 Å². The lowest BCUT2D eigenvalue weighted by molar-refractivity contribution is 0.0602. The van der Waals surface area contributed by atoms with Gasteiger partial charge in [0, 0.05) is 18.8 Å². The summed E-state index contributed by atoms with van der Waals surface area (Å²) < 4.78 is 9.72. The number of esters is 1. The molecule has 3 N–H and O–H groups in total. The molecule has 0 radical (unpaired) electrons. The fourth-order valence-corrected chi connectivity index (χ4v) is 1.71. The van der Waals surface area contributed by atoms with Crippen LogP contribution >= 0.6 is 0 Å². The minimum Gasteiger partial charge on any atom is -0.481 e. The number of methoxy groups -OCH3 is 2. The zero-order chi connectivity index (χ0) is 15.2. The van der Waals surface area contributed by atoms with Crippen LogP contribution < -0.4 is 15.8 Å². The van der Waals surface area contributed by atoms with Crippen LogP contribution in [0, 0.1) is 0 Å². The van der Waals surface area contributed by atoms with Crippen LogP contribution in [0.3, 0.4) is 0 Å². The van der Waals surface area contributed by atoms with Crippen molar-refractivity contribution in [1.82, 2.24) is 9.97 Å². The third kappa shape index (κ3) is 3.59. The van der Waals surface area contributed by atoms with Crippen LogP contribution in [-0.2, 0) is 11.3 Å². The molecule has 0 atom stereocenters. The molecule has 21 heavy (non-hydrogen) atoms. The van der Waals surface area contributed by atoms with Crippen LogP contribution in [0.5, 0.6) is 5.88 Å². The van der Waals surface area contributed by atoms with E-state index in [-0.39, 0.29) is 11.3 Å². The van der Waals surface area contributed by atoms with Gasteiger partial charge in [-0.2, -0.15) is 0 Å². The summed E-state index contributed by atoms with van der Waals surface area (Å²) in [7, 11) is 2.86. The van der Waals surface area contributed by atoms with Gasteiger partial charge < -0.3 is 20.5 Å². The third-order valence-electron chi connectivity index (χ3n) is 2.82. The first-order valence-corrected chi connectivity index (χ1v) is 6.20. The first-order valence-electron chi connectivity index (χ1n) is 6.20. The molecule has 0 bridgehead atoms. The number of hydrogen-bond donors (Lipinski definition) is 2. The molecule has 0 spiro atoms. The molecular formula is C14H16N4O3.